The second-order valence-corrected chi connectivity index (χ2v) is 3.23. The molecule has 1 aromatic rings. The van der Waals surface area contributed by atoms with Gasteiger partial charge in [-0.1, -0.05) is 0 Å². The molecule has 0 radical (unpaired) electrons. The predicted molar refractivity (Wildman–Crippen MR) is 47.3 cm³/mol. The van der Waals surface area contributed by atoms with Gasteiger partial charge in [0.2, 0.25) is 0 Å². The summed E-state index contributed by atoms with van der Waals surface area (Å²) in [6.45, 7) is 1.93. The van der Waals surface area contributed by atoms with E-state index < -0.39 is 0 Å². The molecule has 0 aliphatic heterocycles. The smallest absolute Gasteiger partial charge is 0.182 e. The minimum Gasteiger partial charge on any atom is -0.487 e. The van der Waals surface area contributed by atoms with E-state index in [0.29, 0.717) is 17.5 Å². The quantitative estimate of drug-likeness (QED) is 0.686. The van der Waals surface area contributed by atoms with E-state index in [9.17, 15) is 0 Å². The van der Waals surface area contributed by atoms with E-state index in [-0.39, 0.29) is 0 Å². The average molecular weight is 174 g/mol. The molecule has 3 heteroatoms. The van der Waals surface area contributed by atoms with Crippen LogP contribution in [-0.4, -0.2) is 11.1 Å². The van der Waals surface area contributed by atoms with Gasteiger partial charge in [0.25, 0.3) is 0 Å². The van der Waals surface area contributed by atoms with Gasteiger partial charge in [-0.15, -0.1) is 0 Å². The predicted octanol–water partition coefficient (Wildman–Crippen LogP) is 1.80. The van der Waals surface area contributed by atoms with Crippen LogP contribution in [0.4, 0.5) is 0 Å². The Morgan fingerprint density at radius 3 is 3.00 bits per heavy atom. The van der Waals surface area contributed by atoms with Crippen molar-refractivity contribution in [1.29, 1.82) is 5.26 Å². The summed E-state index contributed by atoms with van der Waals surface area (Å²) in [5, 5.41) is 8.78. The van der Waals surface area contributed by atoms with E-state index in [2.05, 4.69) is 4.98 Å². The zero-order valence-electron chi connectivity index (χ0n) is 7.45. The molecule has 0 saturated heterocycles. The van der Waals surface area contributed by atoms with Crippen LogP contribution < -0.4 is 4.74 Å². The third-order valence-corrected chi connectivity index (χ3v) is 2.02. The molecule has 2 rings (SSSR count). The normalized spacial score (nSPS) is 15.1. The zero-order valence-corrected chi connectivity index (χ0v) is 7.45. The first-order valence-corrected chi connectivity index (χ1v) is 4.33. The van der Waals surface area contributed by atoms with Crippen LogP contribution in [0.1, 0.15) is 24.1 Å². The molecule has 0 amide bonds. The summed E-state index contributed by atoms with van der Waals surface area (Å²) in [5.41, 5.74) is 1.38. The van der Waals surface area contributed by atoms with Gasteiger partial charge in [-0.2, -0.15) is 5.26 Å². The number of nitriles is 1. The maximum Gasteiger partial charge on any atom is 0.182 e. The molecule has 1 fully saturated rings. The van der Waals surface area contributed by atoms with Crippen molar-refractivity contribution in [3.8, 4) is 11.8 Å². The van der Waals surface area contributed by atoms with Crippen LogP contribution in [0, 0.1) is 18.3 Å². The summed E-state index contributed by atoms with van der Waals surface area (Å²) >= 11 is 0. The molecule has 3 nitrogen and oxygen atoms in total. The Bertz CT molecular complexity index is 364. The summed E-state index contributed by atoms with van der Waals surface area (Å²) in [4.78, 5) is 3.95. The molecule has 0 unspecified atom stereocenters. The number of rotatable bonds is 2. The highest BCUT2D eigenvalue weighted by Crippen LogP contribution is 2.30. The lowest BCUT2D eigenvalue weighted by Crippen LogP contribution is -2.01. The van der Waals surface area contributed by atoms with Crippen molar-refractivity contribution in [3.63, 3.8) is 0 Å². The lowest BCUT2D eigenvalue weighted by Gasteiger charge is -2.07. The van der Waals surface area contributed by atoms with Gasteiger partial charge in [0, 0.05) is 6.20 Å². The molecule has 1 heterocycles. The Kier molecular flexibility index (Phi) is 1.90. The number of aromatic nitrogens is 1. The fourth-order valence-corrected chi connectivity index (χ4v) is 1.13. The molecule has 0 spiro atoms. The van der Waals surface area contributed by atoms with Crippen molar-refractivity contribution in [2.24, 2.45) is 0 Å². The van der Waals surface area contributed by atoms with Gasteiger partial charge >= 0.3 is 0 Å². The molecule has 13 heavy (non-hydrogen) atoms. The molecule has 1 aliphatic carbocycles. The highest BCUT2D eigenvalue weighted by Gasteiger charge is 2.25. The zero-order chi connectivity index (χ0) is 9.26. The molecular formula is C10H10N2O. The number of aryl methyl sites for hydroxylation is 1. The van der Waals surface area contributed by atoms with Crippen molar-refractivity contribution >= 4 is 0 Å². The maximum absolute atomic E-state index is 8.78. The lowest BCUT2D eigenvalue weighted by atomic mass is 10.2. The van der Waals surface area contributed by atoms with E-state index in [4.69, 9.17) is 10.00 Å². The Balaban J connectivity index is 2.34. The standard InChI is InChI=1S/C10H10N2O/c1-7-4-5-12-9(6-11)10(7)13-8-2-3-8/h4-5,8H,2-3H2,1H3. The van der Waals surface area contributed by atoms with Crippen LogP contribution in [0.2, 0.25) is 0 Å². The maximum atomic E-state index is 8.78. The number of hydrogen-bond acceptors (Lipinski definition) is 3. The average Bonchev–Trinajstić information content (AvgIpc) is 2.92. The second kappa shape index (κ2) is 3.06. The van der Waals surface area contributed by atoms with Crippen LogP contribution in [0.25, 0.3) is 0 Å². The van der Waals surface area contributed by atoms with E-state index in [1.54, 1.807) is 6.20 Å². The minimum absolute atomic E-state index is 0.315. The second-order valence-electron chi connectivity index (χ2n) is 3.23. The minimum atomic E-state index is 0.315. The molecule has 0 aromatic carbocycles. The largest absolute Gasteiger partial charge is 0.487 e. The van der Waals surface area contributed by atoms with Crippen LogP contribution in [0.3, 0.4) is 0 Å². The SMILES string of the molecule is Cc1ccnc(C#N)c1OC1CC1. The number of ether oxygens (including phenoxy) is 1. The highest BCUT2D eigenvalue weighted by atomic mass is 16.5. The molecule has 66 valence electrons. The van der Waals surface area contributed by atoms with Gasteiger partial charge in [0.15, 0.2) is 11.4 Å². The van der Waals surface area contributed by atoms with Gasteiger partial charge in [0.1, 0.15) is 6.07 Å². The third-order valence-electron chi connectivity index (χ3n) is 2.02. The van der Waals surface area contributed by atoms with E-state index in [1.165, 1.54) is 0 Å². The topological polar surface area (TPSA) is 45.9 Å². The van der Waals surface area contributed by atoms with Crippen molar-refractivity contribution in [3.05, 3.63) is 23.5 Å². The van der Waals surface area contributed by atoms with Gasteiger partial charge < -0.3 is 4.74 Å². The van der Waals surface area contributed by atoms with Gasteiger partial charge in [-0.3, -0.25) is 0 Å². The molecule has 1 aliphatic rings. The lowest BCUT2D eigenvalue weighted by molar-refractivity contribution is 0.299. The van der Waals surface area contributed by atoms with Crippen molar-refractivity contribution < 1.29 is 4.74 Å². The highest BCUT2D eigenvalue weighted by molar-refractivity contribution is 5.43. The molecular weight excluding hydrogens is 164 g/mol. The van der Waals surface area contributed by atoms with Crippen LogP contribution in [-0.2, 0) is 0 Å². The van der Waals surface area contributed by atoms with Crippen LogP contribution in [0.15, 0.2) is 12.3 Å². The Morgan fingerprint density at radius 1 is 1.62 bits per heavy atom. The number of pyridine rings is 1. The number of nitrogens with zero attached hydrogens (tertiary/aromatic N) is 2. The summed E-state index contributed by atoms with van der Waals surface area (Å²) in [6, 6.07) is 3.89. The number of hydrogen-bond donors (Lipinski definition) is 0. The summed E-state index contributed by atoms with van der Waals surface area (Å²) in [6.07, 6.45) is 4.14. The van der Waals surface area contributed by atoms with Crippen molar-refractivity contribution in [2.75, 3.05) is 0 Å². The molecule has 1 saturated carbocycles. The fourth-order valence-electron chi connectivity index (χ4n) is 1.13. The van der Waals surface area contributed by atoms with Crippen LogP contribution >= 0.6 is 0 Å². The summed E-state index contributed by atoms with van der Waals surface area (Å²) in [7, 11) is 0. The van der Waals surface area contributed by atoms with E-state index >= 15 is 0 Å². The molecule has 0 N–H and O–H groups in total. The first-order chi connectivity index (χ1) is 6.31. The first-order valence-electron chi connectivity index (χ1n) is 4.33. The van der Waals surface area contributed by atoms with Crippen molar-refractivity contribution in [1.82, 2.24) is 4.98 Å². The van der Waals surface area contributed by atoms with Crippen LogP contribution in [0.5, 0.6) is 5.75 Å². The van der Waals surface area contributed by atoms with E-state index in [1.807, 2.05) is 19.1 Å². The Hall–Kier alpha value is -1.56. The third kappa shape index (κ3) is 1.62. The van der Waals surface area contributed by atoms with Gasteiger partial charge in [0.05, 0.1) is 6.10 Å². The van der Waals surface area contributed by atoms with Crippen molar-refractivity contribution in [2.45, 2.75) is 25.9 Å². The van der Waals surface area contributed by atoms with Gasteiger partial charge in [-0.05, 0) is 31.4 Å². The summed E-state index contributed by atoms with van der Waals surface area (Å²) < 4.78 is 5.59. The monoisotopic (exact) mass is 174 g/mol. The Morgan fingerprint density at radius 2 is 2.38 bits per heavy atom. The molecule has 1 aromatic heterocycles. The van der Waals surface area contributed by atoms with Gasteiger partial charge in [-0.25, -0.2) is 4.98 Å². The molecule has 0 atom stereocenters. The fraction of sp³-hybridized carbons (Fsp3) is 0.400. The Labute approximate surface area is 77.0 Å². The van der Waals surface area contributed by atoms with E-state index in [0.717, 1.165) is 18.4 Å². The summed E-state index contributed by atoms with van der Waals surface area (Å²) in [5.74, 6) is 0.660. The first kappa shape index (κ1) is 8.06. The molecule has 0 bridgehead atoms.